The van der Waals surface area contributed by atoms with Crippen LogP contribution in [0.2, 0.25) is 0 Å². The molecular weight excluding hydrogens is 728 g/mol. The Labute approximate surface area is 339 Å². The number of piperidine rings is 2. The lowest BCUT2D eigenvalue weighted by molar-refractivity contribution is -0.423. The first-order valence-corrected chi connectivity index (χ1v) is 21.0. The van der Waals surface area contributed by atoms with Crippen molar-refractivity contribution in [3.8, 4) is 11.5 Å². The number of benzene rings is 2. The first-order valence-electron chi connectivity index (χ1n) is 21.0. The molecule has 0 amide bonds. The summed E-state index contributed by atoms with van der Waals surface area (Å²) < 4.78 is 49.5. The molecule has 4 atom stereocenters. The Morgan fingerprint density at radius 2 is 0.825 bits per heavy atom. The Morgan fingerprint density at radius 1 is 0.526 bits per heavy atom. The van der Waals surface area contributed by atoms with Gasteiger partial charge in [-0.25, -0.2) is 0 Å². The molecule has 0 saturated carbocycles. The Balaban J connectivity index is 0.850. The van der Waals surface area contributed by atoms with Crippen LogP contribution in [0.5, 0.6) is 11.5 Å². The summed E-state index contributed by atoms with van der Waals surface area (Å²) in [4.78, 5) is 13.5. The van der Waals surface area contributed by atoms with Crippen molar-refractivity contribution in [3.63, 3.8) is 0 Å². The van der Waals surface area contributed by atoms with Crippen molar-refractivity contribution in [2.45, 2.75) is 153 Å². The molecule has 2 aromatic carbocycles. The van der Waals surface area contributed by atoms with E-state index in [9.17, 15) is 0 Å². The van der Waals surface area contributed by atoms with Gasteiger partial charge in [0.1, 0.15) is 49.1 Å². The Hall–Kier alpha value is -2.36. The highest BCUT2D eigenvalue weighted by atomic mass is 16.7. The average molecular weight is 795 g/mol. The third kappa shape index (κ3) is 9.06. The fraction of sp³-hybridized carbons (Fsp3) is 0.733. The van der Waals surface area contributed by atoms with Crippen LogP contribution < -0.4 is 9.47 Å². The van der Waals surface area contributed by atoms with Crippen LogP contribution in [-0.4, -0.2) is 109 Å². The van der Waals surface area contributed by atoms with Crippen LogP contribution in [-0.2, 0) is 38.1 Å². The fourth-order valence-electron chi connectivity index (χ4n) is 9.95. The molecule has 3 spiro atoms. The van der Waals surface area contributed by atoms with Crippen molar-refractivity contribution in [1.29, 1.82) is 0 Å². The maximum Gasteiger partial charge on any atom is 0.172 e. The van der Waals surface area contributed by atoms with Gasteiger partial charge in [0, 0.05) is 47.8 Å². The van der Waals surface area contributed by atoms with Gasteiger partial charge in [0.25, 0.3) is 0 Å². The summed E-state index contributed by atoms with van der Waals surface area (Å²) in [5.41, 5.74) is 0.317. The normalized spacial score (nSPS) is 30.1. The Bertz CT molecular complexity index is 1520. The van der Waals surface area contributed by atoms with E-state index in [4.69, 9.17) is 47.6 Å². The highest BCUT2D eigenvalue weighted by Crippen LogP contribution is 2.53. The third-order valence-electron chi connectivity index (χ3n) is 12.5. The van der Waals surface area contributed by atoms with Gasteiger partial charge in [0.05, 0.1) is 45.1 Å². The van der Waals surface area contributed by atoms with Gasteiger partial charge in [0.15, 0.2) is 11.6 Å². The van der Waals surface area contributed by atoms with E-state index >= 15 is 0 Å². The first kappa shape index (κ1) is 41.4. The number of hydroxylamine groups is 4. The average Bonchev–Trinajstić information content (AvgIpc) is 4.09. The smallest absolute Gasteiger partial charge is 0.172 e. The summed E-state index contributed by atoms with van der Waals surface area (Å²) in [7, 11) is 0. The lowest BCUT2D eigenvalue weighted by Crippen LogP contribution is -2.71. The third-order valence-corrected chi connectivity index (χ3v) is 12.5. The molecule has 0 N–H and O–H groups in total. The van der Waals surface area contributed by atoms with E-state index in [0.717, 1.165) is 35.8 Å². The van der Waals surface area contributed by atoms with E-state index in [1.165, 1.54) is 0 Å². The van der Waals surface area contributed by atoms with Crippen LogP contribution >= 0.6 is 0 Å². The molecule has 0 bridgehead atoms. The lowest BCUT2D eigenvalue weighted by Gasteiger charge is -2.62. The molecule has 57 heavy (non-hydrogen) atoms. The minimum atomic E-state index is -0.733. The van der Waals surface area contributed by atoms with E-state index in [0.29, 0.717) is 65.3 Å². The number of rotatable bonds is 12. The topological polar surface area (TPSA) is 105 Å². The van der Waals surface area contributed by atoms with Crippen LogP contribution in [0, 0.1) is 5.41 Å². The molecule has 12 nitrogen and oxygen atoms in total. The Kier molecular flexibility index (Phi) is 10.9. The van der Waals surface area contributed by atoms with Crippen LogP contribution in [0.3, 0.4) is 0 Å². The van der Waals surface area contributed by atoms with E-state index in [1.54, 1.807) is 0 Å². The molecule has 8 rings (SSSR count). The molecule has 0 aliphatic carbocycles. The van der Waals surface area contributed by atoms with Crippen LogP contribution in [0.4, 0.5) is 0 Å². The predicted molar refractivity (Wildman–Crippen MR) is 213 cm³/mol. The molecule has 2 aromatic rings. The maximum absolute atomic E-state index is 6.83. The second-order valence-corrected chi connectivity index (χ2v) is 20.2. The highest BCUT2D eigenvalue weighted by Gasteiger charge is 2.62. The van der Waals surface area contributed by atoms with Gasteiger partial charge in [-0.2, -0.15) is 10.1 Å². The molecule has 0 aromatic heterocycles. The summed E-state index contributed by atoms with van der Waals surface area (Å²) in [5, 5.41) is 4.33. The number of epoxide rings is 2. The summed E-state index contributed by atoms with van der Waals surface area (Å²) in [6.45, 7) is 26.7. The zero-order chi connectivity index (χ0) is 40.5. The Morgan fingerprint density at radius 3 is 1.11 bits per heavy atom. The second kappa shape index (κ2) is 15.0. The van der Waals surface area contributed by atoms with Crippen molar-refractivity contribution >= 4 is 0 Å². The minimum Gasteiger partial charge on any atom is -0.491 e. The highest BCUT2D eigenvalue weighted by molar-refractivity contribution is 5.29. The van der Waals surface area contributed by atoms with Gasteiger partial charge in [-0.3, -0.25) is 9.68 Å². The largest absolute Gasteiger partial charge is 0.491 e. The van der Waals surface area contributed by atoms with Gasteiger partial charge in [-0.1, -0.05) is 24.3 Å². The van der Waals surface area contributed by atoms with E-state index in [2.05, 4.69) is 104 Å². The van der Waals surface area contributed by atoms with Gasteiger partial charge in [-0.05, 0) is 105 Å². The van der Waals surface area contributed by atoms with Crippen LogP contribution in [0.1, 0.15) is 118 Å². The summed E-state index contributed by atoms with van der Waals surface area (Å²) in [6.07, 6.45) is 2.81. The number of nitrogens with zero attached hydrogens (tertiary/aromatic N) is 2. The lowest BCUT2D eigenvalue weighted by atomic mass is 9.75. The quantitative estimate of drug-likeness (QED) is 0.197. The van der Waals surface area contributed by atoms with Crippen molar-refractivity contribution in [2.75, 3.05) is 52.9 Å². The van der Waals surface area contributed by atoms with Gasteiger partial charge in [-0.15, -0.1) is 0 Å². The summed E-state index contributed by atoms with van der Waals surface area (Å²) in [6, 6.07) is 16.3. The molecule has 6 saturated heterocycles. The van der Waals surface area contributed by atoms with E-state index in [-0.39, 0.29) is 52.0 Å². The van der Waals surface area contributed by atoms with E-state index in [1.807, 2.05) is 24.3 Å². The predicted octanol–water partition coefficient (Wildman–Crippen LogP) is 7.71. The monoisotopic (exact) mass is 794 g/mol. The van der Waals surface area contributed by atoms with Crippen LogP contribution in [0.15, 0.2) is 48.5 Å². The molecule has 0 radical (unpaired) electrons. The molecule has 4 unspecified atom stereocenters. The molecular formula is C45H66N2O10. The van der Waals surface area contributed by atoms with Crippen molar-refractivity contribution < 1.29 is 47.6 Å². The van der Waals surface area contributed by atoms with Crippen molar-refractivity contribution in [1.82, 2.24) is 10.1 Å². The van der Waals surface area contributed by atoms with E-state index < -0.39 is 11.6 Å². The summed E-state index contributed by atoms with van der Waals surface area (Å²) in [5.74, 6) is 0.216. The molecule has 6 aliphatic heterocycles. The van der Waals surface area contributed by atoms with Gasteiger partial charge in [0.2, 0.25) is 0 Å². The SMILES string of the molecule is CC(ON1C(C)(C)CC2(CC1(C)C)OCC1(CO2)COC2(CC(C)(C)N(OC(C)c3ccc(OCC4CO4)cc3)C(C)(C)C2)OC1)c1ccc(OCC2CO2)cc1. The van der Waals surface area contributed by atoms with Crippen molar-refractivity contribution in [2.24, 2.45) is 5.41 Å². The standard InChI is InChI=1S/C45H66N2O10/c1-31(33-11-15-35(16-12-33)48-19-37-21-50-37)56-46-39(3,4)23-44(24-40(46,5)6)52-27-43(28-53-44)29-54-45(55-30-43)25-41(7,8)47(42(9,10)26-45)57-32(2)34-13-17-36(18-14-34)49-20-38-22-51-38/h11-18,31-32,37-38H,19-30H2,1-10H3. The van der Waals surface area contributed by atoms with Crippen LogP contribution in [0.25, 0.3) is 0 Å². The molecule has 6 heterocycles. The number of hydrogen-bond donors (Lipinski definition) is 0. The molecule has 12 heteroatoms. The minimum absolute atomic E-state index is 0.152. The first-order chi connectivity index (χ1) is 26.8. The maximum atomic E-state index is 6.83. The number of ether oxygens (including phenoxy) is 8. The summed E-state index contributed by atoms with van der Waals surface area (Å²) >= 11 is 0. The van der Waals surface area contributed by atoms with Gasteiger partial charge >= 0.3 is 0 Å². The zero-order valence-corrected chi connectivity index (χ0v) is 35.9. The zero-order valence-electron chi connectivity index (χ0n) is 35.9. The van der Waals surface area contributed by atoms with Gasteiger partial charge < -0.3 is 37.9 Å². The molecule has 6 fully saturated rings. The molecule has 316 valence electrons. The number of hydrogen-bond acceptors (Lipinski definition) is 12. The second-order valence-electron chi connectivity index (χ2n) is 20.2. The molecule has 6 aliphatic rings. The fourth-order valence-corrected chi connectivity index (χ4v) is 9.95. The van der Waals surface area contributed by atoms with Crippen molar-refractivity contribution in [3.05, 3.63) is 59.7 Å².